The molecule has 0 radical (unpaired) electrons. The Kier molecular flexibility index (Phi) is 4.32. The molecule has 0 saturated carbocycles. The second-order valence-electron chi connectivity index (χ2n) is 7.25. The van der Waals surface area contributed by atoms with E-state index in [0.717, 1.165) is 45.8 Å². The van der Waals surface area contributed by atoms with Gasteiger partial charge in [0, 0.05) is 50.6 Å². The Balaban J connectivity index is 1.98. The third-order valence-electron chi connectivity index (χ3n) is 4.98. The summed E-state index contributed by atoms with van der Waals surface area (Å²) in [7, 11) is 7.91. The molecule has 1 aromatic carbocycles. The lowest BCUT2D eigenvalue weighted by Gasteiger charge is -2.30. The molecule has 0 fully saturated rings. The maximum atomic E-state index is 11.3. The van der Waals surface area contributed by atoms with Gasteiger partial charge in [-0.05, 0) is 12.0 Å². The third kappa shape index (κ3) is 2.84. The molecular weight excluding hydrogens is 336 g/mol. The molecule has 2 aliphatic carbocycles. The van der Waals surface area contributed by atoms with Crippen molar-refractivity contribution in [2.24, 2.45) is 9.98 Å². The maximum absolute atomic E-state index is 11.3. The monoisotopic (exact) mass is 360 g/mol. The lowest BCUT2D eigenvalue weighted by Crippen LogP contribution is -2.23. The minimum atomic E-state index is -0.749. The standard InChI is InChI=1S/C22H24N4O/c1-25(2)17-13-7-5-6-12-16(17)18-20-19(23-22(24-20)26(3)4)14-10-8-9-11-15(14)21(18)27/h5-6,8-13,21,27H,7H2,1-4H3. The van der Waals surface area contributed by atoms with E-state index in [4.69, 9.17) is 9.98 Å². The summed E-state index contributed by atoms with van der Waals surface area (Å²) in [5, 5.41) is 11.3. The first-order valence-electron chi connectivity index (χ1n) is 9.10. The van der Waals surface area contributed by atoms with Crippen molar-refractivity contribution in [2.75, 3.05) is 28.2 Å². The fraction of sp³-hybridized carbons (Fsp3) is 0.273. The van der Waals surface area contributed by atoms with Gasteiger partial charge in [0.1, 0.15) is 17.5 Å². The molecule has 1 atom stereocenters. The molecule has 5 heteroatoms. The molecule has 1 aromatic rings. The van der Waals surface area contributed by atoms with Gasteiger partial charge in [0.2, 0.25) is 5.96 Å². The van der Waals surface area contributed by atoms with Gasteiger partial charge < -0.3 is 14.9 Å². The normalized spacial score (nSPS) is 20.9. The summed E-state index contributed by atoms with van der Waals surface area (Å²) in [5.41, 5.74) is 6.30. The van der Waals surface area contributed by atoms with Crippen molar-refractivity contribution in [3.05, 3.63) is 82.2 Å². The van der Waals surface area contributed by atoms with Crippen LogP contribution in [0.2, 0.25) is 0 Å². The fourth-order valence-electron chi connectivity index (χ4n) is 3.69. The Morgan fingerprint density at radius 1 is 1.04 bits per heavy atom. The van der Waals surface area contributed by atoms with Gasteiger partial charge in [-0.2, -0.15) is 0 Å². The minimum absolute atomic E-state index is 0.654. The largest absolute Gasteiger partial charge is 0.384 e. The summed E-state index contributed by atoms with van der Waals surface area (Å²) < 4.78 is 0. The van der Waals surface area contributed by atoms with Crippen molar-refractivity contribution < 1.29 is 5.11 Å². The van der Waals surface area contributed by atoms with E-state index in [1.165, 1.54) is 0 Å². The van der Waals surface area contributed by atoms with Crippen molar-refractivity contribution >= 4 is 11.7 Å². The van der Waals surface area contributed by atoms with Crippen molar-refractivity contribution in [1.29, 1.82) is 0 Å². The number of aliphatic hydroxyl groups is 1. The number of likely N-dealkylation sites (N-methyl/N-ethyl adjacent to an activating group) is 1. The summed E-state index contributed by atoms with van der Waals surface area (Å²) in [4.78, 5) is 13.5. The van der Waals surface area contributed by atoms with Crippen LogP contribution in [0.5, 0.6) is 0 Å². The van der Waals surface area contributed by atoms with Gasteiger partial charge in [0.05, 0.1) is 0 Å². The van der Waals surface area contributed by atoms with E-state index in [0.29, 0.717) is 5.96 Å². The van der Waals surface area contributed by atoms with Crippen LogP contribution >= 0.6 is 0 Å². The van der Waals surface area contributed by atoms with Crippen LogP contribution < -0.4 is 0 Å². The number of hydrogen-bond acceptors (Lipinski definition) is 5. The number of guanidine groups is 1. The van der Waals surface area contributed by atoms with Gasteiger partial charge in [0.15, 0.2) is 0 Å². The van der Waals surface area contributed by atoms with Crippen LogP contribution in [0.25, 0.3) is 0 Å². The predicted molar refractivity (Wildman–Crippen MR) is 110 cm³/mol. The van der Waals surface area contributed by atoms with Gasteiger partial charge in [-0.25, -0.2) is 9.98 Å². The molecule has 0 bridgehead atoms. The molecule has 1 heterocycles. The second-order valence-corrected chi connectivity index (χ2v) is 7.25. The van der Waals surface area contributed by atoms with Crippen LogP contribution in [0, 0.1) is 0 Å². The number of aliphatic imine (C=N–C) groups is 2. The van der Waals surface area contributed by atoms with Crippen LogP contribution in [-0.2, 0) is 0 Å². The molecule has 3 aliphatic rings. The van der Waals surface area contributed by atoms with E-state index >= 15 is 0 Å². The number of allylic oxidation sites excluding steroid dienone is 6. The number of fused-ring (bicyclic) bond motifs is 3. The first-order chi connectivity index (χ1) is 13.0. The van der Waals surface area contributed by atoms with Crippen LogP contribution in [-0.4, -0.2) is 54.8 Å². The topological polar surface area (TPSA) is 51.4 Å². The Labute approximate surface area is 160 Å². The molecule has 0 aromatic heterocycles. The van der Waals surface area contributed by atoms with E-state index < -0.39 is 6.10 Å². The van der Waals surface area contributed by atoms with Crippen LogP contribution in [0.4, 0.5) is 0 Å². The maximum Gasteiger partial charge on any atom is 0.226 e. The Morgan fingerprint density at radius 2 is 1.81 bits per heavy atom. The first kappa shape index (κ1) is 17.5. The average molecular weight is 360 g/mol. The molecule has 138 valence electrons. The Morgan fingerprint density at radius 3 is 2.56 bits per heavy atom. The Hall–Kier alpha value is -2.92. The summed E-state index contributed by atoms with van der Waals surface area (Å²) in [5.74, 6) is 0.654. The molecule has 0 spiro atoms. The highest BCUT2D eigenvalue weighted by atomic mass is 16.3. The average Bonchev–Trinajstić information content (AvgIpc) is 2.94. The third-order valence-corrected chi connectivity index (χ3v) is 4.98. The Bertz CT molecular complexity index is 974. The lowest BCUT2D eigenvalue weighted by molar-refractivity contribution is 0.215. The number of nitrogens with zero attached hydrogens (tertiary/aromatic N) is 4. The number of aliphatic hydroxyl groups excluding tert-OH is 1. The van der Waals surface area contributed by atoms with Crippen LogP contribution in [0.15, 0.2) is 81.1 Å². The smallest absolute Gasteiger partial charge is 0.226 e. The zero-order valence-electron chi connectivity index (χ0n) is 16.1. The van der Waals surface area contributed by atoms with E-state index in [1.807, 2.05) is 63.4 Å². The molecule has 0 saturated heterocycles. The SMILES string of the molecule is CN(C)C1=CCC=CC=C1C1=C2N=C(N(C)C)N=C2c2ccccc2C1O. The highest BCUT2D eigenvalue weighted by Gasteiger charge is 2.36. The molecule has 4 rings (SSSR count). The van der Waals surface area contributed by atoms with Crippen molar-refractivity contribution in [3.8, 4) is 0 Å². The van der Waals surface area contributed by atoms with Crippen LogP contribution in [0.1, 0.15) is 23.7 Å². The fourth-order valence-corrected chi connectivity index (χ4v) is 3.69. The van der Waals surface area contributed by atoms with Gasteiger partial charge in [-0.15, -0.1) is 0 Å². The van der Waals surface area contributed by atoms with Gasteiger partial charge in [-0.1, -0.05) is 48.6 Å². The summed E-state index contributed by atoms with van der Waals surface area (Å²) in [6.45, 7) is 0. The van der Waals surface area contributed by atoms with Crippen molar-refractivity contribution in [2.45, 2.75) is 12.5 Å². The first-order valence-corrected chi connectivity index (χ1v) is 9.10. The van der Waals surface area contributed by atoms with E-state index in [9.17, 15) is 5.11 Å². The molecule has 1 unspecified atom stereocenters. The lowest BCUT2D eigenvalue weighted by atomic mass is 9.81. The number of benzene rings is 1. The molecular formula is C22H24N4O. The van der Waals surface area contributed by atoms with E-state index in [-0.39, 0.29) is 0 Å². The molecule has 1 N–H and O–H groups in total. The van der Waals surface area contributed by atoms with Gasteiger partial charge >= 0.3 is 0 Å². The van der Waals surface area contributed by atoms with E-state index in [1.54, 1.807) is 0 Å². The van der Waals surface area contributed by atoms with Crippen molar-refractivity contribution in [3.63, 3.8) is 0 Å². The highest BCUT2D eigenvalue weighted by molar-refractivity contribution is 6.23. The molecule has 27 heavy (non-hydrogen) atoms. The van der Waals surface area contributed by atoms with Crippen molar-refractivity contribution in [1.82, 2.24) is 9.80 Å². The van der Waals surface area contributed by atoms with E-state index in [2.05, 4.69) is 23.1 Å². The summed E-state index contributed by atoms with van der Waals surface area (Å²) in [6, 6.07) is 7.91. The summed E-state index contributed by atoms with van der Waals surface area (Å²) >= 11 is 0. The highest BCUT2D eigenvalue weighted by Crippen LogP contribution is 2.43. The van der Waals surface area contributed by atoms with Gasteiger partial charge in [0.25, 0.3) is 0 Å². The molecule has 0 amide bonds. The van der Waals surface area contributed by atoms with Crippen LogP contribution in [0.3, 0.4) is 0 Å². The zero-order chi connectivity index (χ0) is 19.1. The number of hydrogen-bond donors (Lipinski definition) is 1. The molecule has 1 aliphatic heterocycles. The quantitative estimate of drug-likeness (QED) is 0.882. The van der Waals surface area contributed by atoms with Gasteiger partial charge in [-0.3, -0.25) is 0 Å². The molecule has 5 nitrogen and oxygen atoms in total. The summed E-state index contributed by atoms with van der Waals surface area (Å²) in [6.07, 6.45) is 8.52. The second kappa shape index (κ2) is 6.67. The minimum Gasteiger partial charge on any atom is -0.384 e. The number of rotatable bonds is 2. The predicted octanol–water partition coefficient (Wildman–Crippen LogP) is 3.04. The zero-order valence-corrected chi connectivity index (χ0v) is 16.1.